The summed E-state index contributed by atoms with van der Waals surface area (Å²) < 4.78 is 0. The highest BCUT2D eigenvalue weighted by molar-refractivity contribution is 7.99. The predicted octanol–water partition coefficient (Wildman–Crippen LogP) is 5.81. The van der Waals surface area contributed by atoms with Crippen molar-refractivity contribution in [2.45, 2.75) is 31.1 Å². The summed E-state index contributed by atoms with van der Waals surface area (Å²) in [7, 11) is 0. The van der Waals surface area contributed by atoms with Gasteiger partial charge in [-0.25, -0.2) is 0 Å². The summed E-state index contributed by atoms with van der Waals surface area (Å²) in [5, 5.41) is 13.4. The van der Waals surface area contributed by atoms with Crippen LogP contribution in [0.15, 0.2) is 53.4 Å². The molecule has 0 fully saturated rings. The molecule has 1 aliphatic carbocycles. The van der Waals surface area contributed by atoms with E-state index in [2.05, 4.69) is 60.8 Å². The molecule has 0 saturated carbocycles. The Hall–Kier alpha value is -2.55. The van der Waals surface area contributed by atoms with Crippen LogP contribution in [0.3, 0.4) is 0 Å². The molecule has 5 heteroatoms. The number of nitriles is 1. The second-order valence-corrected chi connectivity index (χ2v) is 9.03. The van der Waals surface area contributed by atoms with Gasteiger partial charge in [-0.3, -0.25) is 4.79 Å². The average Bonchev–Trinajstić information content (AvgIpc) is 3.07. The van der Waals surface area contributed by atoms with Crippen LogP contribution in [-0.4, -0.2) is 11.7 Å². The van der Waals surface area contributed by atoms with Gasteiger partial charge in [0, 0.05) is 21.9 Å². The maximum atomic E-state index is 12.5. The lowest BCUT2D eigenvalue weighted by Crippen LogP contribution is -2.12. The molecular weight excluding hydrogens is 384 g/mol. The normalized spacial score (nSPS) is 12.0. The van der Waals surface area contributed by atoms with Crippen molar-refractivity contribution >= 4 is 34.0 Å². The molecule has 28 heavy (non-hydrogen) atoms. The first-order chi connectivity index (χ1) is 13.7. The van der Waals surface area contributed by atoms with Gasteiger partial charge in [-0.2, -0.15) is 5.26 Å². The van der Waals surface area contributed by atoms with Gasteiger partial charge >= 0.3 is 0 Å². The van der Waals surface area contributed by atoms with E-state index in [1.807, 2.05) is 6.07 Å². The average molecular weight is 405 g/mol. The SMILES string of the molecule is Cc1ccc(SCCC(=O)Nc2sc3c(c2C#N)CCc2ccccc2-3)cc1. The topological polar surface area (TPSA) is 52.9 Å². The Morgan fingerprint density at radius 2 is 1.96 bits per heavy atom. The van der Waals surface area contributed by atoms with E-state index >= 15 is 0 Å². The number of hydrogen-bond acceptors (Lipinski definition) is 4. The van der Waals surface area contributed by atoms with Crippen LogP contribution in [0.1, 0.15) is 28.7 Å². The predicted molar refractivity (Wildman–Crippen MR) is 117 cm³/mol. The van der Waals surface area contributed by atoms with Gasteiger partial charge in [-0.1, -0.05) is 42.0 Å². The lowest BCUT2D eigenvalue weighted by molar-refractivity contribution is -0.115. The van der Waals surface area contributed by atoms with Crippen LogP contribution in [0.2, 0.25) is 0 Å². The van der Waals surface area contributed by atoms with Crippen LogP contribution >= 0.6 is 23.1 Å². The highest BCUT2D eigenvalue weighted by Crippen LogP contribution is 2.44. The number of rotatable bonds is 5. The van der Waals surface area contributed by atoms with Crippen molar-refractivity contribution in [1.82, 2.24) is 0 Å². The maximum Gasteiger partial charge on any atom is 0.225 e. The Kier molecular flexibility index (Phi) is 5.52. The van der Waals surface area contributed by atoms with E-state index in [0.29, 0.717) is 22.7 Å². The Balaban J connectivity index is 1.45. The molecule has 4 rings (SSSR count). The van der Waals surface area contributed by atoms with Crippen LogP contribution < -0.4 is 5.32 Å². The lowest BCUT2D eigenvalue weighted by Gasteiger charge is -2.15. The zero-order valence-corrected chi connectivity index (χ0v) is 17.3. The highest BCUT2D eigenvalue weighted by atomic mass is 32.2. The fraction of sp³-hybridized carbons (Fsp3) is 0.217. The molecule has 0 unspecified atom stereocenters. The summed E-state index contributed by atoms with van der Waals surface area (Å²) in [6.45, 7) is 2.06. The van der Waals surface area contributed by atoms with Crippen LogP contribution in [0, 0.1) is 18.3 Å². The molecular formula is C23H20N2OS2. The summed E-state index contributed by atoms with van der Waals surface area (Å²) in [5.74, 6) is 0.674. The summed E-state index contributed by atoms with van der Waals surface area (Å²) in [5.41, 5.74) is 5.45. The van der Waals surface area contributed by atoms with Gasteiger partial charge < -0.3 is 5.32 Å². The van der Waals surface area contributed by atoms with Crippen molar-refractivity contribution in [3.8, 4) is 16.5 Å². The van der Waals surface area contributed by atoms with Crippen molar-refractivity contribution in [3.05, 3.63) is 70.8 Å². The molecule has 0 radical (unpaired) electrons. The molecule has 1 heterocycles. The van der Waals surface area contributed by atoms with Crippen molar-refractivity contribution in [1.29, 1.82) is 5.26 Å². The number of benzene rings is 2. The summed E-state index contributed by atoms with van der Waals surface area (Å²) in [4.78, 5) is 14.7. The first kappa shape index (κ1) is 18.8. The van der Waals surface area contributed by atoms with E-state index in [9.17, 15) is 10.1 Å². The number of anilines is 1. The van der Waals surface area contributed by atoms with Crippen LogP contribution in [0.5, 0.6) is 0 Å². The molecule has 1 aromatic heterocycles. The maximum absolute atomic E-state index is 12.5. The number of thioether (sulfide) groups is 1. The fourth-order valence-corrected chi connectivity index (χ4v) is 5.56. The zero-order chi connectivity index (χ0) is 19.5. The summed E-state index contributed by atoms with van der Waals surface area (Å²) in [6.07, 6.45) is 2.21. The van der Waals surface area contributed by atoms with E-state index in [1.54, 1.807) is 11.8 Å². The minimum absolute atomic E-state index is 0.0389. The Bertz CT molecular complexity index is 1060. The molecule has 1 N–H and O–H groups in total. The third-order valence-corrected chi connectivity index (χ3v) is 7.09. The molecule has 1 amide bonds. The Labute approximate surface area is 173 Å². The minimum atomic E-state index is -0.0389. The molecule has 140 valence electrons. The van der Waals surface area contributed by atoms with Gasteiger partial charge in [0.25, 0.3) is 0 Å². The van der Waals surface area contributed by atoms with Crippen molar-refractivity contribution < 1.29 is 4.79 Å². The number of fused-ring (bicyclic) bond motifs is 3. The quantitative estimate of drug-likeness (QED) is 0.546. The molecule has 2 aromatic carbocycles. The van der Waals surface area contributed by atoms with Crippen molar-refractivity contribution in [3.63, 3.8) is 0 Å². The van der Waals surface area contributed by atoms with Crippen molar-refractivity contribution in [2.24, 2.45) is 0 Å². The lowest BCUT2D eigenvalue weighted by atomic mass is 9.90. The third kappa shape index (κ3) is 3.84. The monoisotopic (exact) mass is 404 g/mol. The second kappa shape index (κ2) is 8.22. The number of aryl methyl sites for hydroxylation is 2. The Morgan fingerprint density at radius 3 is 2.75 bits per heavy atom. The molecule has 0 saturated heterocycles. The fourth-order valence-electron chi connectivity index (χ4n) is 3.43. The van der Waals surface area contributed by atoms with E-state index < -0.39 is 0 Å². The van der Waals surface area contributed by atoms with Gasteiger partial charge in [-0.05, 0) is 48.6 Å². The molecule has 1 aliphatic rings. The second-order valence-electron chi connectivity index (χ2n) is 6.84. The van der Waals surface area contributed by atoms with Gasteiger partial charge in [0.2, 0.25) is 5.91 Å². The number of hydrogen-bond donors (Lipinski definition) is 1. The number of thiophene rings is 1. The molecule has 0 bridgehead atoms. The third-order valence-electron chi connectivity index (χ3n) is 4.90. The molecule has 3 aromatic rings. The largest absolute Gasteiger partial charge is 0.317 e. The first-order valence-corrected chi connectivity index (χ1v) is 11.1. The standard InChI is InChI=1S/C23H20N2OS2/c1-15-6-9-17(10-7-15)27-13-12-21(26)25-23-20(14-24)19-11-8-16-4-2-3-5-18(16)22(19)28-23/h2-7,9-10H,8,11-13H2,1H3,(H,25,26). The van der Waals surface area contributed by atoms with Crippen LogP contribution in [-0.2, 0) is 17.6 Å². The number of nitrogens with one attached hydrogen (secondary N) is 1. The summed E-state index contributed by atoms with van der Waals surface area (Å²) >= 11 is 3.20. The zero-order valence-electron chi connectivity index (χ0n) is 15.6. The van der Waals surface area contributed by atoms with E-state index in [1.165, 1.54) is 32.9 Å². The van der Waals surface area contributed by atoms with Gasteiger partial charge in [0.05, 0.1) is 5.56 Å². The van der Waals surface area contributed by atoms with E-state index in [0.717, 1.165) is 23.3 Å². The Morgan fingerprint density at radius 1 is 1.18 bits per heavy atom. The van der Waals surface area contributed by atoms with Gasteiger partial charge in [0.15, 0.2) is 0 Å². The molecule has 0 spiro atoms. The molecule has 0 aliphatic heterocycles. The highest BCUT2D eigenvalue weighted by Gasteiger charge is 2.25. The van der Waals surface area contributed by atoms with Crippen LogP contribution in [0.25, 0.3) is 10.4 Å². The number of nitrogens with zero attached hydrogens (tertiary/aromatic N) is 1. The summed E-state index contributed by atoms with van der Waals surface area (Å²) in [6, 6.07) is 19.0. The number of carbonyl (C=O) groups excluding carboxylic acids is 1. The number of amides is 1. The molecule has 0 atom stereocenters. The first-order valence-electron chi connectivity index (χ1n) is 9.29. The van der Waals surface area contributed by atoms with Crippen molar-refractivity contribution in [2.75, 3.05) is 11.1 Å². The molecule has 3 nitrogen and oxygen atoms in total. The number of carbonyl (C=O) groups is 1. The van der Waals surface area contributed by atoms with Gasteiger partial charge in [0.1, 0.15) is 11.1 Å². The van der Waals surface area contributed by atoms with Crippen LogP contribution in [0.4, 0.5) is 5.00 Å². The van der Waals surface area contributed by atoms with Gasteiger partial charge in [-0.15, -0.1) is 23.1 Å². The smallest absolute Gasteiger partial charge is 0.225 e. The van der Waals surface area contributed by atoms with E-state index in [4.69, 9.17) is 0 Å². The minimum Gasteiger partial charge on any atom is -0.317 e. The van der Waals surface area contributed by atoms with E-state index in [-0.39, 0.29) is 5.91 Å².